The fourth-order valence-corrected chi connectivity index (χ4v) is 15.3. The van der Waals surface area contributed by atoms with Gasteiger partial charge in [-0.25, -0.2) is 0 Å². The average molecular weight is 931 g/mol. The van der Waals surface area contributed by atoms with Crippen molar-refractivity contribution in [1.82, 2.24) is 0 Å². The van der Waals surface area contributed by atoms with E-state index in [4.69, 9.17) is 22.2 Å². The van der Waals surface area contributed by atoms with Crippen molar-refractivity contribution in [2.75, 3.05) is 0 Å². The van der Waals surface area contributed by atoms with Crippen LogP contribution >= 0.6 is 22.2 Å². The van der Waals surface area contributed by atoms with Crippen LogP contribution in [0.15, 0.2) is 97.1 Å². The smallest absolute Gasteiger partial charge is 0.146 e. The number of halogens is 2. The van der Waals surface area contributed by atoms with Gasteiger partial charge < -0.3 is 0 Å². The van der Waals surface area contributed by atoms with E-state index in [-0.39, 0.29) is 21.7 Å². The van der Waals surface area contributed by atoms with Gasteiger partial charge in [0.15, 0.2) is 0 Å². The molecule has 2 atom stereocenters. The first-order valence-corrected chi connectivity index (χ1v) is 29.7. The van der Waals surface area contributed by atoms with Crippen LogP contribution in [0, 0.1) is 0 Å². The van der Waals surface area contributed by atoms with Gasteiger partial charge in [0.05, 0.1) is 0 Å². The van der Waals surface area contributed by atoms with Crippen molar-refractivity contribution in [1.29, 1.82) is 0 Å². The molecule has 2 unspecified atom stereocenters. The Bertz CT molecular complexity index is 2280. The largest absolute Gasteiger partial charge is 0.250 e. The number of hydrogen-bond donors (Lipinski definition) is 0. The molecule has 0 saturated heterocycles. The summed E-state index contributed by atoms with van der Waals surface area (Å²) in [6.45, 7) is 31.1. The van der Waals surface area contributed by atoms with Crippen LogP contribution in [0.1, 0.15) is 173 Å². The Kier molecular flexibility index (Phi) is 12.6. The summed E-state index contributed by atoms with van der Waals surface area (Å²) in [6, 6.07) is 27.0. The maximum absolute atomic E-state index is 5.81. The third-order valence-electron chi connectivity index (χ3n) is 13.3. The molecule has 0 saturated carbocycles. The van der Waals surface area contributed by atoms with Gasteiger partial charge in [0.1, 0.15) is 0 Å². The van der Waals surface area contributed by atoms with Crippen molar-refractivity contribution in [3.63, 3.8) is 0 Å². The topological polar surface area (TPSA) is 0 Å². The summed E-state index contributed by atoms with van der Waals surface area (Å²) in [4.78, 5) is 0. The van der Waals surface area contributed by atoms with Crippen molar-refractivity contribution in [3.05, 3.63) is 153 Å². The van der Waals surface area contributed by atoms with Crippen molar-refractivity contribution in [3.8, 4) is 22.3 Å². The normalized spacial score (nSPS) is 18.1. The molecule has 60 heavy (non-hydrogen) atoms. The van der Waals surface area contributed by atoms with E-state index in [0.717, 1.165) is 24.9 Å². The van der Waals surface area contributed by atoms with Gasteiger partial charge in [-0.3, -0.25) is 0 Å². The summed E-state index contributed by atoms with van der Waals surface area (Å²) < 4.78 is 0.877. The monoisotopic (exact) mass is 928 g/mol. The average Bonchev–Trinajstić information content (AvgIpc) is 4.00. The molecule has 314 valence electrons. The predicted molar refractivity (Wildman–Crippen MR) is 264 cm³/mol. The Hall–Kier alpha value is -2.48. The molecule has 0 aromatic heterocycles. The summed E-state index contributed by atoms with van der Waals surface area (Å²) >= 11 is 10.3. The molecule has 0 heterocycles. The summed E-state index contributed by atoms with van der Waals surface area (Å²) in [7, 11) is 0. The molecule has 0 fully saturated rings. The molecule has 0 spiro atoms. The molecule has 0 radical (unpaired) electrons. The van der Waals surface area contributed by atoms with Crippen molar-refractivity contribution >= 4 is 40.0 Å². The van der Waals surface area contributed by atoms with E-state index in [9.17, 15) is 0 Å². The van der Waals surface area contributed by atoms with Crippen molar-refractivity contribution in [2.24, 2.45) is 0 Å². The van der Waals surface area contributed by atoms with Gasteiger partial charge in [-0.1, -0.05) is 13.8 Å². The summed E-state index contributed by atoms with van der Waals surface area (Å²) in [5.41, 5.74) is 24.6. The Morgan fingerprint density at radius 2 is 0.883 bits per heavy atom. The molecule has 0 nitrogen and oxygen atoms in total. The third kappa shape index (κ3) is 8.73. The number of allylic oxidation sites excluding steroid dienone is 8. The van der Waals surface area contributed by atoms with E-state index >= 15 is 0 Å². The molecule has 4 heteroatoms. The van der Waals surface area contributed by atoms with E-state index in [1.165, 1.54) is 55.7 Å². The van der Waals surface area contributed by atoms with Crippen LogP contribution in [0.25, 0.3) is 33.4 Å². The Morgan fingerprint density at radius 1 is 0.517 bits per heavy atom. The zero-order chi connectivity index (χ0) is 43.7. The second-order valence-electron chi connectivity index (χ2n) is 21.7. The van der Waals surface area contributed by atoms with Gasteiger partial charge in [-0.05, 0) is 12.1 Å². The minimum atomic E-state index is -1.71. The standard InChI is InChI=1S/2C26H29.C4H10Cl2Si.Zr/c2*1-25(2,3)19-11-12-20-18(15-19)16-22-21(20)13-14-23(26(4,5)6)24(22)17-9-7-8-10-17;1-3-7(5,6)4-2;/h2*7-9,11-16H,10H2,1-6H3;3-4H2,1-2H3;. The zero-order valence-electron chi connectivity index (χ0n) is 39.0. The van der Waals surface area contributed by atoms with E-state index < -0.39 is 29.9 Å². The second kappa shape index (κ2) is 16.6. The van der Waals surface area contributed by atoms with E-state index in [2.05, 4.69) is 180 Å². The maximum Gasteiger partial charge on any atom is 0.250 e. The Labute approximate surface area is 386 Å². The number of fused-ring (bicyclic) bond motifs is 6. The molecule has 4 aliphatic carbocycles. The van der Waals surface area contributed by atoms with Gasteiger partial charge in [0, 0.05) is 0 Å². The zero-order valence-corrected chi connectivity index (χ0v) is 43.9. The van der Waals surface area contributed by atoms with Gasteiger partial charge in [-0.2, -0.15) is 0 Å². The van der Waals surface area contributed by atoms with Crippen LogP contribution in [0.4, 0.5) is 0 Å². The third-order valence-corrected chi connectivity index (χ3v) is 23.1. The second-order valence-corrected chi connectivity index (χ2v) is 33.5. The molecule has 0 amide bonds. The fraction of sp³-hybridized carbons (Fsp3) is 0.429. The fourth-order valence-electron chi connectivity index (χ4n) is 9.62. The SMILES string of the molecule is CC(C)(C)c1ccc2c(c1)[CH]([Zr][CH]1c3cc(C(C)(C)C)ccc3-c3ccc(C(C)(C)C)c(C4=CC=CC4)c31)c1c-2ccc(C(C)(C)C)c1C1=CC=CC1.CC[Si](Cl)(Cl)CC. The van der Waals surface area contributed by atoms with E-state index in [1.807, 2.05) is 13.8 Å². The molecular formula is C56H68Cl2SiZr. The van der Waals surface area contributed by atoms with Crippen LogP contribution in [0.5, 0.6) is 0 Å². The van der Waals surface area contributed by atoms with Crippen LogP contribution in [0.2, 0.25) is 12.1 Å². The maximum atomic E-state index is 5.81. The van der Waals surface area contributed by atoms with Crippen molar-refractivity contribution in [2.45, 2.75) is 151 Å². The molecule has 8 rings (SSSR count). The van der Waals surface area contributed by atoms with Gasteiger partial charge >= 0.3 is 334 Å². The van der Waals surface area contributed by atoms with Gasteiger partial charge in [0.2, 0.25) is 0 Å². The molecule has 4 aromatic rings. The quantitative estimate of drug-likeness (QED) is 0.134. The molecule has 4 aliphatic rings. The molecule has 0 N–H and O–H groups in total. The summed E-state index contributed by atoms with van der Waals surface area (Å²) in [5, 5.41) is 0. The van der Waals surface area contributed by atoms with Crippen LogP contribution < -0.4 is 0 Å². The first-order chi connectivity index (χ1) is 28.0. The Balaban J connectivity index is 0.000000716. The van der Waals surface area contributed by atoms with Crippen LogP contribution in [-0.4, -0.2) is 6.69 Å². The predicted octanol–water partition coefficient (Wildman–Crippen LogP) is 17.4. The minimum absolute atomic E-state index is 0.0413. The van der Waals surface area contributed by atoms with Crippen LogP contribution in [-0.2, 0) is 44.9 Å². The van der Waals surface area contributed by atoms with Crippen molar-refractivity contribution < 1.29 is 23.2 Å². The molecule has 4 aromatic carbocycles. The van der Waals surface area contributed by atoms with E-state index in [0.29, 0.717) is 7.25 Å². The number of hydrogen-bond acceptors (Lipinski definition) is 0. The summed E-state index contributed by atoms with van der Waals surface area (Å²) in [6.07, 6.45) is 16.2. The first kappa shape index (κ1) is 45.5. The number of rotatable bonds is 6. The molecular weight excluding hydrogens is 863 g/mol. The molecule has 0 aliphatic heterocycles. The van der Waals surface area contributed by atoms with Crippen LogP contribution in [0.3, 0.4) is 0 Å². The van der Waals surface area contributed by atoms with E-state index in [1.54, 1.807) is 33.4 Å². The molecule has 0 bridgehead atoms. The minimum Gasteiger partial charge on any atom is -0.146 e. The summed E-state index contributed by atoms with van der Waals surface area (Å²) in [5.74, 6) is 0. The Morgan fingerprint density at radius 3 is 1.17 bits per heavy atom. The first-order valence-electron chi connectivity index (χ1n) is 22.5. The van der Waals surface area contributed by atoms with Gasteiger partial charge in [-0.15, -0.1) is 22.2 Å². The number of benzene rings is 4. The van der Waals surface area contributed by atoms with Gasteiger partial charge in [0.25, 0.3) is 6.69 Å².